The number of alkyl halides is 3. The van der Waals surface area contributed by atoms with Crippen molar-refractivity contribution in [2.24, 2.45) is 5.73 Å². The van der Waals surface area contributed by atoms with E-state index < -0.39 is 18.6 Å². The summed E-state index contributed by atoms with van der Waals surface area (Å²) in [5.74, 6) is -0.432. The van der Waals surface area contributed by atoms with Crippen LogP contribution in [0, 0.1) is 6.92 Å². The van der Waals surface area contributed by atoms with Gasteiger partial charge in [0.05, 0.1) is 11.8 Å². The molecular weight excluding hydrogens is 237 g/mol. The van der Waals surface area contributed by atoms with Gasteiger partial charge in [0.15, 0.2) is 0 Å². The van der Waals surface area contributed by atoms with E-state index in [1.807, 2.05) is 0 Å². The minimum atomic E-state index is -4.44. The molecule has 0 unspecified atom stereocenters. The topological polar surface area (TPSA) is 59.5 Å². The summed E-state index contributed by atoms with van der Waals surface area (Å²) in [4.78, 5) is 12.5. The van der Waals surface area contributed by atoms with Gasteiger partial charge in [-0.3, -0.25) is 4.79 Å². The van der Waals surface area contributed by atoms with Gasteiger partial charge in [-0.15, -0.1) is 0 Å². The Morgan fingerprint density at radius 3 is 2.59 bits per heavy atom. The van der Waals surface area contributed by atoms with E-state index >= 15 is 0 Å². The zero-order chi connectivity index (χ0) is 13.1. The molecule has 0 bridgehead atoms. The summed E-state index contributed by atoms with van der Waals surface area (Å²) in [5, 5.41) is 0. The first-order valence-corrected chi connectivity index (χ1v) is 4.95. The number of carbonyl (C=O) groups excluding carboxylic acids is 1. The van der Waals surface area contributed by atoms with Crippen molar-refractivity contribution in [2.75, 3.05) is 19.6 Å². The number of rotatable bonds is 4. The Bertz CT molecular complexity index is 387. The van der Waals surface area contributed by atoms with Crippen molar-refractivity contribution in [1.29, 1.82) is 0 Å². The molecule has 0 aliphatic rings. The Morgan fingerprint density at radius 1 is 1.53 bits per heavy atom. The Hall–Kier alpha value is -1.50. The average Bonchev–Trinajstić information content (AvgIpc) is 2.61. The fraction of sp³-hybridized carbons (Fsp3) is 0.500. The van der Waals surface area contributed by atoms with Crippen molar-refractivity contribution in [3.63, 3.8) is 0 Å². The predicted molar refractivity (Wildman–Crippen MR) is 54.5 cm³/mol. The number of hydrogen-bond donors (Lipinski definition) is 1. The zero-order valence-corrected chi connectivity index (χ0v) is 9.25. The van der Waals surface area contributed by atoms with E-state index in [-0.39, 0.29) is 18.7 Å². The van der Waals surface area contributed by atoms with E-state index in [4.69, 9.17) is 10.2 Å². The monoisotopic (exact) mass is 250 g/mol. The molecule has 1 aromatic heterocycles. The molecule has 17 heavy (non-hydrogen) atoms. The van der Waals surface area contributed by atoms with Gasteiger partial charge in [-0.05, 0) is 13.0 Å². The molecule has 0 aromatic carbocycles. The lowest BCUT2D eigenvalue weighted by Crippen LogP contribution is -2.41. The van der Waals surface area contributed by atoms with Gasteiger partial charge in [0, 0.05) is 13.1 Å². The molecule has 4 nitrogen and oxygen atoms in total. The highest BCUT2D eigenvalue weighted by atomic mass is 19.4. The molecular formula is C10H13F3N2O2. The quantitative estimate of drug-likeness (QED) is 0.882. The van der Waals surface area contributed by atoms with Gasteiger partial charge < -0.3 is 15.1 Å². The Balaban J connectivity index is 2.84. The van der Waals surface area contributed by atoms with Crippen molar-refractivity contribution in [3.8, 4) is 0 Å². The smallest absolute Gasteiger partial charge is 0.406 e. The van der Waals surface area contributed by atoms with Crippen LogP contribution in [0.2, 0.25) is 0 Å². The van der Waals surface area contributed by atoms with E-state index in [2.05, 4.69) is 0 Å². The van der Waals surface area contributed by atoms with Crippen LogP contribution in [0.1, 0.15) is 16.1 Å². The molecule has 0 aliphatic heterocycles. The maximum atomic E-state index is 12.3. The van der Waals surface area contributed by atoms with Crippen LogP contribution < -0.4 is 5.73 Å². The minimum absolute atomic E-state index is 0.0290. The molecule has 0 spiro atoms. The van der Waals surface area contributed by atoms with E-state index in [9.17, 15) is 18.0 Å². The van der Waals surface area contributed by atoms with Gasteiger partial charge in [-0.1, -0.05) is 0 Å². The molecule has 1 heterocycles. The lowest BCUT2D eigenvalue weighted by molar-refractivity contribution is -0.140. The maximum absolute atomic E-state index is 12.3. The number of nitrogens with zero attached hydrogens (tertiary/aromatic N) is 1. The Labute approximate surface area is 96.2 Å². The summed E-state index contributed by atoms with van der Waals surface area (Å²) < 4.78 is 41.7. The third kappa shape index (κ3) is 3.77. The second kappa shape index (κ2) is 5.22. The molecule has 0 fully saturated rings. The molecule has 0 saturated carbocycles. The summed E-state index contributed by atoms with van der Waals surface area (Å²) in [7, 11) is 0. The summed E-state index contributed by atoms with van der Waals surface area (Å²) in [6.45, 7) is 0.0246. The first-order chi connectivity index (χ1) is 7.85. The first kappa shape index (κ1) is 13.6. The van der Waals surface area contributed by atoms with E-state index in [0.717, 1.165) is 0 Å². The molecule has 1 aromatic rings. The van der Waals surface area contributed by atoms with Crippen LogP contribution in [0.3, 0.4) is 0 Å². The second-order valence-corrected chi connectivity index (χ2v) is 3.52. The average molecular weight is 250 g/mol. The normalized spacial score (nSPS) is 11.6. The lowest BCUT2D eigenvalue weighted by Gasteiger charge is -2.22. The van der Waals surface area contributed by atoms with E-state index in [1.54, 1.807) is 0 Å². The third-order valence-corrected chi connectivity index (χ3v) is 2.15. The van der Waals surface area contributed by atoms with Crippen LogP contribution in [0.25, 0.3) is 0 Å². The van der Waals surface area contributed by atoms with Crippen molar-refractivity contribution < 1.29 is 22.4 Å². The fourth-order valence-corrected chi connectivity index (χ4v) is 1.40. The maximum Gasteiger partial charge on any atom is 0.406 e. The first-order valence-electron chi connectivity index (χ1n) is 4.95. The number of nitrogens with two attached hydrogens (primary N) is 1. The Kier molecular flexibility index (Phi) is 4.17. The van der Waals surface area contributed by atoms with Crippen LogP contribution in [0.15, 0.2) is 16.7 Å². The van der Waals surface area contributed by atoms with Crippen LogP contribution in [-0.2, 0) is 0 Å². The number of carbonyl (C=O) groups is 1. The molecule has 1 rings (SSSR count). The largest absolute Gasteiger partial charge is 0.469 e. The number of aryl methyl sites for hydroxylation is 1. The van der Waals surface area contributed by atoms with Gasteiger partial charge >= 0.3 is 6.18 Å². The third-order valence-electron chi connectivity index (χ3n) is 2.15. The molecule has 7 heteroatoms. The molecule has 96 valence electrons. The molecule has 0 atom stereocenters. The summed E-state index contributed by atoms with van der Waals surface area (Å²) in [6.07, 6.45) is -3.18. The molecule has 0 aliphatic carbocycles. The zero-order valence-electron chi connectivity index (χ0n) is 9.25. The molecule has 0 radical (unpaired) electrons. The highest BCUT2D eigenvalue weighted by Gasteiger charge is 2.33. The van der Waals surface area contributed by atoms with Gasteiger partial charge in [-0.25, -0.2) is 0 Å². The van der Waals surface area contributed by atoms with E-state index in [1.165, 1.54) is 19.3 Å². The fourth-order valence-electron chi connectivity index (χ4n) is 1.40. The molecule has 1 amide bonds. The Morgan fingerprint density at radius 2 is 2.18 bits per heavy atom. The summed E-state index contributed by atoms with van der Waals surface area (Å²) >= 11 is 0. The van der Waals surface area contributed by atoms with Gasteiger partial charge in [0.25, 0.3) is 5.91 Å². The number of furan rings is 1. The number of hydrogen-bond acceptors (Lipinski definition) is 3. The predicted octanol–water partition coefficient (Wildman–Crippen LogP) is 1.55. The molecule has 0 saturated heterocycles. The van der Waals surface area contributed by atoms with Crippen LogP contribution in [-0.4, -0.2) is 36.6 Å². The van der Waals surface area contributed by atoms with Crippen molar-refractivity contribution in [1.82, 2.24) is 4.90 Å². The highest BCUT2D eigenvalue weighted by Crippen LogP contribution is 2.19. The van der Waals surface area contributed by atoms with Gasteiger partial charge in [-0.2, -0.15) is 13.2 Å². The summed E-state index contributed by atoms with van der Waals surface area (Å²) in [5.41, 5.74) is 5.32. The van der Waals surface area contributed by atoms with Crippen LogP contribution >= 0.6 is 0 Å². The standard InChI is InChI=1S/C10H13F3N2O2/c1-7-8(2-5-17-7)9(16)15(4-3-14)6-10(11,12)13/h2,5H,3-4,6,14H2,1H3. The minimum Gasteiger partial charge on any atom is -0.469 e. The van der Waals surface area contributed by atoms with Gasteiger partial charge in [0.1, 0.15) is 12.3 Å². The SMILES string of the molecule is Cc1occc1C(=O)N(CCN)CC(F)(F)F. The van der Waals surface area contributed by atoms with Crippen molar-refractivity contribution >= 4 is 5.91 Å². The summed E-state index contributed by atoms with van der Waals surface area (Å²) in [6, 6.07) is 1.34. The van der Waals surface area contributed by atoms with E-state index in [0.29, 0.717) is 10.7 Å². The molecule has 2 N–H and O–H groups in total. The van der Waals surface area contributed by atoms with Crippen molar-refractivity contribution in [3.05, 3.63) is 23.7 Å². The lowest BCUT2D eigenvalue weighted by atomic mass is 10.2. The number of amides is 1. The second-order valence-electron chi connectivity index (χ2n) is 3.52. The van der Waals surface area contributed by atoms with Crippen LogP contribution in [0.5, 0.6) is 0 Å². The van der Waals surface area contributed by atoms with Gasteiger partial charge in [0.2, 0.25) is 0 Å². The highest BCUT2D eigenvalue weighted by molar-refractivity contribution is 5.95. The number of halogens is 3. The van der Waals surface area contributed by atoms with Crippen LogP contribution in [0.4, 0.5) is 13.2 Å². The van der Waals surface area contributed by atoms with Crippen molar-refractivity contribution in [2.45, 2.75) is 13.1 Å².